The minimum Gasteiger partial charge on any atom is -0.403 e. The van der Waals surface area contributed by atoms with Crippen molar-refractivity contribution in [2.45, 2.75) is 40.2 Å². The van der Waals surface area contributed by atoms with Crippen LogP contribution in [0.15, 0.2) is 0 Å². The normalized spacial score (nSPS) is 13.5. The number of rotatable bonds is 9. The molecule has 1 unspecified atom stereocenters. The lowest BCUT2D eigenvalue weighted by Crippen LogP contribution is -2.41. The molecule has 0 N–H and O–H groups in total. The van der Waals surface area contributed by atoms with Crippen LogP contribution in [0.3, 0.4) is 0 Å². The molecule has 0 saturated heterocycles. The summed E-state index contributed by atoms with van der Waals surface area (Å²) >= 11 is 0. The molecule has 4 nitrogen and oxygen atoms in total. The van der Waals surface area contributed by atoms with Crippen LogP contribution in [0.25, 0.3) is 0 Å². The van der Waals surface area contributed by atoms with E-state index in [0.29, 0.717) is 13.2 Å². The Hall–Kier alpha value is 0.0569. The molecular weight excluding hydrogens is 198 g/mol. The summed E-state index contributed by atoms with van der Waals surface area (Å²) < 4.78 is 5.66. The first-order valence-electron chi connectivity index (χ1n) is 5.46. The van der Waals surface area contributed by atoms with E-state index in [2.05, 4.69) is 6.92 Å². The van der Waals surface area contributed by atoms with E-state index in [1.807, 2.05) is 20.8 Å². The maximum absolute atomic E-state index is 5.66. The molecule has 86 valence electrons. The van der Waals surface area contributed by atoms with Gasteiger partial charge in [0.05, 0.1) is 13.2 Å². The fourth-order valence-corrected chi connectivity index (χ4v) is 3.16. The Morgan fingerprint density at radius 3 is 1.86 bits per heavy atom. The molecule has 0 aliphatic rings. The van der Waals surface area contributed by atoms with Gasteiger partial charge >= 0.3 is 9.20 Å². The van der Waals surface area contributed by atoms with Crippen LogP contribution >= 0.6 is 0 Å². The summed E-state index contributed by atoms with van der Waals surface area (Å²) in [5.74, 6) is 0. The fraction of sp³-hybridized carbons (Fsp3) is 1.00. The second-order valence-electron chi connectivity index (χ2n) is 2.82. The summed E-state index contributed by atoms with van der Waals surface area (Å²) in [5.41, 5.74) is 0. The number of hydrogen-bond acceptors (Lipinski definition) is 4. The van der Waals surface area contributed by atoms with Crippen LogP contribution in [0.1, 0.15) is 34.1 Å². The van der Waals surface area contributed by atoms with Gasteiger partial charge in [-0.15, -0.1) is 0 Å². The van der Waals surface area contributed by atoms with E-state index in [4.69, 9.17) is 14.1 Å². The van der Waals surface area contributed by atoms with Crippen molar-refractivity contribution in [2.24, 2.45) is 0 Å². The topological polar surface area (TPSA) is 30.9 Å². The summed E-state index contributed by atoms with van der Waals surface area (Å²) in [6.45, 7) is 10.0. The standard InChI is InChI=1S/C9H23NO3Si/c1-5-9-14(13-8-4)10(11-6-2)12-7-3/h14H,5-9H2,1-4H3. The number of hydrogen-bond donors (Lipinski definition) is 0. The van der Waals surface area contributed by atoms with Crippen LogP contribution in [0.4, 0.5) is 0 Å². The monoisotopic (exact) mass is 221 g/mol. The molecule has 0 bridgehead atoms. The van der Waals surface area contributed by atoms with E-state index in [0.717, 1.165) is 19.1 Å². The van der Waals surface area contributed by atoms with Gasteiger partial charge in [0.25, 0.3) is 0 Å². The van der Waals surface area contributed by atoms with Gasteiger partial charge in [0, 0.05) is 6.61 Å². The molecule has 1 atom stereocenters. The van der Waals surface area contributed by atoms with Crippen molar-refractivity contribution in [2.75, 3.05) is 19.8 Å². The van der Waals surface area contributed by atoms with Crippen LogP contribution in [0.2, 0.25) is 6.04 Å². The van der Waals surface area contributed by atoms with Gasteiger partial charge in [-0.2, -0.15) is 0 Å². The maximum atomic E-state index is 5.66. The van der Waals surface area contributed by atoms with E-state index < -0.39 is 9.20 Å². The van der Waals surface area contributed by atoms with Crippen LogP contribution in [-0.2, 0) is 14.1 Å². The van der Waals surface area contributed by atoms with Crippen molar-refractivity contribution in [1.82, 2.24) is 4.89 Å². The lowest BCUT2D eigenvalue weighted by atomic mass is 10.6. The largest absolute Gasteiger partial charge is 0.403 e. The van der Waals surface area contributed by atoms with E-state index >= 15 is 0 Å². The van der Waals surface area contributed by atoms with E-state index in [1.165, 1.54) is 0 Å². The van der Waals surface area contributed by atoms with Crippen molar-refractivity contribution in [1.29, 1.82) is 0 Å². The Bertz CT molecular complexity index is 101. The lowest BCUT2D eigenvalue weighted by Gasteiger charge is -2.26. The minimum atomic E-state index is -1.50. The van der Waals surface area contributed by atoms with Crippen molar-refractivity contribution in [3.05, 3.63) is 0 Å². The Kier molecular flexibility index (Phi) is 9.64. The third-order valence-electron chi connectivity index (χ3n) is 1.64. The third kappa shape index (κ3) is 5.72. The average Bonchev–Trinajstić information content (AvgIpc) is 2.17. The van der Waals surface area contributed by atoms with Crippen molar-refractivity contribution >= 4 is 9.20 Å². The Labute approximate surface area is 88.8 Å². The van der Waals surface area contributed by atoms with Crippen molar-refractivity contribution < 1.29 is 14.1 Å². The minimum absolute atomic E-state index is 0.625. The zero-order chi connectivity index (χ0) is 10.8. The van der Waals surface area contributed by atoms with E-state index in [9.17, 15) is 0 Å². The predicted molar refractivity (Wildman–Crippen MR) is 59.0 cm³/mol. The van der Waals surface area contributed by atoms with Gasteiger partial charge in [-0.25, -0.2) is 0 Å². The van der Waals surface area contributed by atoms with Gasteiger partial charge in [0.15, 0.2) is 0 Å². The molecule has 0 radical (unpaired) electrons. The Balaban J connectivity index is 4.06. The van der Waals surface area contributed by atoms with Crippen LogP contribution in [0, 0.1) is 0 Å². The van der Waals surface area contributed by atoms with Gasteiger partial charge in [0.1, 0.15) is 0 Å². The van der Waals surface area contributed by atoms with Gasteiger partial charge in [-0.3, -0.25) is 9.68 Å². The highest BCUT2D eigenvalue weighted by molar-refractivity contribution is 6.47. The second kappa shape index (κ2) is 9.61. The molecular formula is C9H23NO3Si. The summed E-state index contributed by atoms with van der Waals surface area (Å²) in [5, 5.41) is 0. The first-order valence-corrected chi connectivity index (χ1v) is 7.27. The zero-order valence-electron chi connectivity index (χ0n) is 9.78. The molecule has 0 aromatic heterocycles. The molecule has 0 aliphatic carbocycles. The quantitative estimate of drug-likeness (QED) is 0.439. The van der Waals surface area contributed by atoms with Gasteiger partial charge < -0.3 is 4.43 Å². The predicted octanol–water partition coefficient (Wildman–Crippen LogP) is 1.86. The van der Waals surface area contributed by atoms with Gasteiger partial charge in [-0.1, -0.05) is 18.2 Å². The van der Waals surface area contributed by atoms with Crippen LogP contribution < -0.4 is 0 Å². The zero-order valence-corrected chi connectivity index (χ0v) is 10.9. The molecule has 0 fully saturated rings. The third-order valence-corrected chi connectivity index (χ3v) is 4.20. The highest BCUT2D eigenvalue weighted by Gasteiger charge is 2.22. The number of nitrogens with zero attached hydrogens (tertiary/aromatic N) is 1. The highest BCUT2D eigenvalue weighted by atomic mass is 28.3. The van der Waals surface area contributed by atoms with Gasteiger partial charge in [-0.05, 0) is 26.8 Å². The van der Waals surface area contributed by atoms with Gasteiger partial charge in [0.2, 0.25) is 0 Å². The smallest absolute Gasteiger partial charge is 0.315 e. The Morgan fingerprint density at radius 2 is 1.50 bits per heavy atom. The molecule has 5 heteroatoms. The van der Waals surface area contributed by atoms with Crippen molar-refractivity contribution in [3.8, 4) is 0 Å². The summed E-state index contributed by atoms with van der Waals surface area (Å²) in [6, 6.07) is 1.05. The SMILES string of the molecule is CCC[SiH](OCC)N(OCC)OCC. The van der Waals surface area contributed by atoms with E-state index in [-0.39, 0.29) is 0 Å². The van der Waals surface area contributed by atoms with E-state index in [1.54, 1.807) is 4.89 Å². The van der Waals surface area contributed by atoms with Crippen molar-refractivity contribution in [3.63, 3.8) is 0 Å². The Morgan fingerprint density at radius 1 is 0.929 bits per heavy atom. The lowest BCUT2D eigenvalue weighted by molar-refractivity contribution is -0.313. The average molecular weight is 221 g/mol. The second-order valence-corrected chi connectivity index (χ2v) is 5.06. The molecule has 0 saturated carbocycles. The van der Waals surface area contributed by atoms with Crippen LogP contribution in [0.5, 0.6) is 0 Å². The molecule has 0 aromatic rings. The fourth-order valence-electron chi connectivity index (χ4n) is 1.15. The molecule has 0 amide bonds. The molecule has 14 heavy (non-hydrogen) atoms. The summed E-state index contributed by atoms with van der Waals surface area (Å²) in [6.07, 6.45) is 1.10. The molecule has 0 rings (SSSR count). The molecule has 0 spiro atoms. The van der Waals surface area contributed by atoms with Crippen LogP contribution in [-0.4, -0.2) is 33.9 Å². The first-order chi connectivity index (χ1) is 6.79. The molecule has 0 aliphatic heterocycles. The highest BCUT2D eigenvalue weighted by Crippen LogP contribution is 2.07. The molecule has 0 aromatic carbocycles. The maximum Gasteiger partial charge on any atom is 0.315 e. The summed E-state index contributed by atoms with van der Waals surface area (Å²) in [7, 11) is -1.50. The first kappa shape index (κ1) is 14.1. The summed E-state index contributed by atoms with van der Waals surface area (Å²) in [4.78, 5) is 12.4. The molecule has 0 heterocycles.